The normalized spacial score (nSPS) is 10.1. The van der Waals surface area contributed by atoms with Crippen molar-refractivity contribution in [2.24, 2.45) is 0 Å². The highest BCUT2D eigenvalue weighted by Crippen LogP contribution is 2.22. The van der Waals surface area contributed by atoms with Crippen LogP contribution in [0.2, 0.25) is 0 Å². The van der Waals surface area contributed by atoms with Crippen LogP contribution in [0, 0.1) is 0 Å². The van der Waals surface area contributed by atoms with E-state index in [0.717, 1.165) is 5.75 Å². The molecule has 0 unspecified atom stereocenters. The van der Waals surface area contributed by atoms with E-state index in [1.54, 1.807) is 6.07 Å². The lowest BCUT2D eigenvalue weighted by Crippen LogP contribution is -2.07. The molecule has 3 N–H and O–H groups in total. The maximum Gasteiger partial charge on any atom is 0.335 e. The Hall–Kier alpha value is -2.69. The summed E-state index contributed by atoms with van der Waals surface area (Å²) in [6.07, 6.45) is 0.703. The molecule has 0 spiro atoms. The highest BCUT2D eigenvalue weighted by molar-refractivity contribution is 5.89. The molecule has 21 heavy (non-hydrogen) atoms. The summed E-state index contributed by atoms with van der Waals surface area (Å²) in [4.78, 5) is 10.8. The van der Waals surface area contributed by atoms with Crippen molar-refractivity contribution >= 4 is 11.7 Å². The number of nitrogen functional groups attached to an aromatic ring is 1. The number of hydrogen-bond donors (Lipinski definition) is 2. The first kappa shape index (κ1) is 14.7. The fourth-order valence-electron chi connectivity index (χ4n) is 1.76. The highest BCUT2D eigenvalue weighted by Gasteiger charge is 2.06. The van der Waals surface area contributed by atoms with E-state index in [9.17, 15) is 4.79 Å². The van der Waals surface area contributed by atoms with E-state index in [1.165, 1.54) is 12.1 Å². The zero-order chi connectivity index (χ0) is 15.1. The lowest BCUT2D eigenvalue weighted by molar-refractivity contribution is 0.0697. The van der Waals surface area contributed by atoms with Gasteiger partial charge in [-0.3, -0.25) is 0 Å². The molecule has 0 aliphatic heterocycles. The van der Waals surface area contributed by atoms with Crippen LogP contribution < -0.4 is 15.2 Å². The van der Waals surface area contributed by atoms with Crippen molar-refractivity contribution in [1.29, 1.82) is 0 Å². The van der Waals surface area contributed by atoms with Crippen LogP contribution in [0.3, 0.4) is 0 Å². The maximum atomic E-state index is 10.8. The minimum absolute atomic E-state index is 0.146. The summed E-state index contributed by atoms with van der Waals surface area (Å²) in [6, 6.07) is 14.0. The Morgan fingerprint density at radius 1 is 1.05 bits per heavy atom. The van der Waals surface area contributed by atoms with E-state index < -0.39 is 5.97 Å². The zero-order valence-electron chi connectivity index (χ0n) is 11.5. The number of aromatic carboxylic acids is 1. The summed E-state index contributed by atoms with van der Waals surface area (Å²) in [5, 5.41) is 8.84. The average Bonchev–Trinajstić information content (AvgIpc) is 2.49. The number of anilines is 1. The quantitative estimate of drug-likeness (QED) is 0.604. The van der Waals surface area contributed by atoms with E-state index in [0.29, 0.717) is 31.1 Å². The standard InChI is InChI=1S/C16H17NO4/c17-14-11-12(16(18)19)7-8-15(14)21-10-4-9-20-13-5-2-1-3-6-13/h1-3,5-8,11H,4,9-10,17H2,(H,18,19). The number of hydrogen-bond acceptors (Lipinski definition) is 4. The van der Waals surface area contributed by atoms with Crippen molar-refractivity contribution in [3.8, 4) is 11.5 Å². The van der Waals surface area contributed by atoms with Crippen LogP contribution in [0.5, 0.6) is 11.5 Å². The second-order valence-electron chi connectivity index (χ2n) is 4.42. The smallest absolute Gasteiger partial charge is 0.335 e. The van der Waals surface area contributed by atoms with Gasteiger partial charge in [0, 0.05) is 6.42 Å². The third-order valence-electron chi connectivity index (χ3n) is 2.81. The molecule has 0 aromatic heterocycles. The Kier molecular flexibility index (Phi) is 5.04. The van der Waals surface area contributed by atoms with E-state index in [2.05, 4.69) is 0 Å². The van der Waals surface area contributed by atoms with Gasteiger partial charge in [-0.2, -0.15) is 0 Å². The molecule has 0 aliphatic carbocycles. The fraction of sp³-hybridized carbons (Fsp3) is 0.188. The van der Waals surface area contributed by atoms with Crippen LogP contribution in [0.4, 0.5) is 5.69 Å². The van der Waals surface area contributed by atoms with Crippen molar-refractivity contribution in [3.63, 3.8) is 0 Å². The SMILES string of the molecule is Nc1cc(C(=O)O)ccc1OCCCOc1ccccc1. The lowest BCUT2D eigenvalue weighted by atomic mass is 10.2. The highest BCUT2D eigenvalue weighted by atomic mass is 16.5. The minimum Gasteiger partial charge on any atom is -0.493 e. The van der Waals surface area contributed by atoms with Gasteiger partial charge in [-0.1, -0.05) is 18.2 Å². The van der Waals surface area contributed by atoms with Gasteiger partial charge in [-0.25, -0.2) is 4.79 Å². The van der Waals surface area contributed by atoms with Gasteiger partial charge in [0.15, 0.2) is 0 Å². The predicted molar refractivity (Wildman–Crippen MR) is 79.9 cm³/mol. The molecule has 0 saturated heterocycles. The molecule has 5 nitrogen and oxygen atoms in total. The topological polar surface area (TPSA) is 81.8 Å². The molecule has 0 atom stereocenters. The summed E-state index contributed by atoms with van der Waals surface area (Å²) in [7, 11) is 0. The van der Waals surface area contributed by atoms with Gasteiger partial charge in [0.25, 0.3) is 0 Å². The molecular weight excluding hydrogens is 270 g/mol. The molecule has 0 saturated carbocycles. The van der Waals surface area contributed by atoms with Gasteiger partial charge >= 0.3 is 5.97 Å². The van der Waals surface area contributed by atoms with Crippen molar-refractivity contribution in [2.75, 3.05) is 18.9 Å². The van der Waals surface area contributed by atoms with Crippen molar-refractivity contribution in [3.05, 3.63) is 54.1 Å². The largest absolute Gasteiger partial charge is 0.493 e. The predicted octanol–water partition coefficient (Wildman–Crippen LogP) is 2.81. The Morgan fingerprint density at radius 2 is 1.76 bits per heavy atom. The molecule has 0 radical (unpaired) electrons. The van der Waals surface area contributed by atoms with Crippen LogP contribution in [0.25, 0.3) is 0 Å². The molecule has 2 aromatic carbocycles. The molecule has 5 heteroatoms. The number of carbonyl (C=O) groups is 1. The number of benzene rings is 2. The van der Waals surface area contributed by atoms with E-state index in [4.69, 9.17) is 20.3 Å². The number of carboxylic acid groups (broad SMARTS) is 1. The molecule has 0 fully saturated rings. The molecule has 0 heterocycles. The van der Waals surface area contributed by atoms with Gasteiger partial charge in [0.1, 0.15) is 11.5 Å². The average molecular weight is 287 g/mol. The fourth-order valence-corrected chi connectivity index (χ4v) is 1.76. The summed E-state index contributed by atoms with van der Waals surface area (Å²) < 4.78 is 11.0. The molecule has 0 bridgehead atoms. The van der Waals surface area contributed by atoms with Gasteiger partial charge in [-0.15, -0.1) is 0 Å². The monoisotopic (exact) mass is 287 g/mol. The number of carboxylic acids is 1. The van der Waals surface area contributed by atoms with Gasteiger partial charge in [0.05, 0.1) is 24.5 Å². The Balaban J connectivity index is 1.75. The summed E-state index contributed by atoms with van der Waals surface area (Å²) in [6.45, 7) is 0.987. The first-order valence-electron chi connectivity index (χ1n) is 6.60. The van der Waals surface area contributed by atoms with Gasteiger partial charge in [0.2, 0.25) is 0 Å². The van der Waals surface area contributed by atoms with Crippen LogP contribution >= 0.6 is 0 Å². The third kappa shape index (κ3) is 4.42. The third-order valence-corrected chi connectivity index (χ3v) is 2.81. The molecule has 2 aromatic rings. The maximum absolute atomic E-state index is 10.8. The van der Waals surface area contributed by atoms with Crippen molar-refractivity contribution < 1.29 is 19.4 Å². The van der Waals surface area contributed by atoms with Crippen LogP contribution in [0.1, 0.15) is 16.8 Å². The van der Waals surface area contributed by atoms with Crippen LogP contribution in [-0.2, 0) is 0 Å². The molecule has 0 aliphatic rings. The lowest BCUT2D eigenvalue weighted by Gasteiger charge is -2.10. The van der Waals surface area contributed by atoms with Crippen LogP contribution in [0.15, 0.2) is 48.5 Å². The number of para-hydroxylation sites is 1. The molecule has 0 amide bonds. The van der Waals surface area contributed by atoms with Crippen molar-refractivity contribution in [1.82, 2.24) is 0 Å². The van der Waals surface area contributed by atoms with E-state index in [-0.39, 0.29) is 5.56 Å². The summed E-state index contributed by atoms with van der Waals surface area (Å²) in [5.74, 6) is 0.298. The first-order chi connectivity index (χ1) is 10.2. The van der Waals surface area contributed by atoms with E-state index in [1.807, 2.05) is 30.3 Å². The second-order valence-corrected chi connectivity index (χ2v) is 4.42. The Bertz CT molecular complexity index is 598. The zero-order valence-corrected chi connectivity index (χ0v) is 11.5. The molecular formula is C16H17NO4. The molecule has 110 valence electrons. The molecule has 2 rings (SSSR count). The minimum atomic E-state index is -1.01. The van der Waals surface area contributed by atoms with Gasteiger partial charge < -0.3 is 20.3 Å². The van der Waals surface area contributed by atoms with Crippen molar-refractivity contribution in [2.45, 2.75) is 6.42 Å². The van der Waals surface area contributed by atoms with E-state index >= 15 is 0 Å². The second kappa shape index (κ2) is 7.19. The Labute approximate surface area is 122 Å². The summed E-state index contributed by atoms with van der Waals surface area (Å²) in [5.41, 5.74) is 6.21. The number of ether oxygens (including phenoxy) is 2. The summed E-state index contributed by atoms with van der Waals surface area (Å²) >= 11 is 0. The number of rotatable bonds is 7. The first-order valence-corrected chi connectivity index (χ1v) is 6.60. The Morgan fingerprint density at radius 3 is 2.43 bits per heavy atom. The van der Waals surface area contributed by atoms with Gasteiger partial charge in [-0.05, 0) is 30.3 Å². The van der Waals surface area contributed by atoms with Crippen LogP contribution in [-0.4, -0.2) is 24.3 Å². The number of nitrogens with two attached hydrogens (primary N) is 1.